The molecule has 19 nitrogen and oxygen atoms in total. The molecule has 0 aromatic carbocycles. The Kier molecular flexibility index (Phi) is 14.5. The fourth-order valence-corrected chi connectivity index (χ4v) is 4.73. The van der Waals surface area contributed by atoms with E-state index in [0.29, 0.717) is 0 Å². The highest BCUT2D eigenvalue weighted by molar-refractivity contribution is 5.69. The van der Waals surface area contributed by atoms with E-state index in [1.165, 1.54) is 0 Å². The Morgan fingerprint density at radius 1 is 0.383 bits per heavy atom. The van der Waals surface area contributed by atoms with Crippen molar-refractivity contribution in [2.24, 2.45) is 0 Å². The standard InChI is InChI=1S/C28H38O19/c1-11(29)37-9-19-21(39-13(3)31)23(41-15(5)33)25(42-16(6)34)28(46-19)47-24-22(40-14(4)32)20(10-38-12(2)30)45-27(44-18(8)36)26(24)43-17(7)35/h19-28H,9-10H2,1-8H3/t19-,20-,21-,22-,23+,24+,25-,26-,27?,28+/m1/s1. The first-order chi connectivity index (χ1) is 21.9. The van der Waals surface area contributed by atoms with E-state index in [0.717, 1.165) is 55.4 Å². The summed E-state index contributed by atoms with van der Waals surface area (Å²) in [5, 5.41) is 0. The number of hydrogen-bond donors (Lipinski definition) is 0. The molecule has 2 aliphatic rings. The van der Waals surface area contributed by atoms with Crippen molar-refractivity contribution in [3.8, 4) is 0 Å². The minimum Gasteiger partial charge on any atom is -0.463 e. The summed E-state index contributed by atoms with van der Waals surface area (Å²) >= 11 is 0. The Balaban J connectivity index is 2.75. The summed E-state index contributed by atoms with van der Waals surface area (Å²) in [5.74, 6) is -7.04. The molecule has 0 bridgehead atoms. The van der Waals surface area contributed by atoms with Gasteiger partial charge < -0.3 is 52.1 Å². The molecule has 19 heteroatoms. The predicted molar refractivity (Wildman–Crippen MR) is 145 cm³/mol. The molecule has 47 heavy (non-hydrogen) atoms. The van der Waals surface area contributed by atoms with Gasteiger partial charge in [0.05, 0.1) is 0 Å². The normalized spacial score (nSPS) is 30.0. The Morgan fingerprint density at radius 3 is 1.09 bits per heavy atom. The van der Waals surface area contributed by atoms with Crippen LogP contribution < -0.4 is 0 Å². The Hall–Kier alpha value is -4.36. The summed E-state index contributed by atoms with van der Waals surface area (Å²) < 4.78 is 60.2. The van der Waals surface area contributed by atoms with Crippen molar-refractivity contribution in [2.75, 3.05) is 13.2 Å². The van der Waals surface area contributed by atoms with Crippen molar-refractivity contribution in [2.45, 2.75) is 117 Å². The number of carbonyl (C=O) groups excluding carboxylic acids is 8. The summed E-state index contributed by atoms with van der Waals surface area (Å²) in [6.45, 7) is 7.06. The van der Waals surface area contributed by atoms with E-state index in [-0.39, 0.29) is 0 Å². The largest absolute Gasteiger partial charge is 0.463 e. The van der Waals surface area contributed by atoms with Crippen molar-refractivity contribution in [1.82, 2.24) is 0 Å². The maximum absolute atomic E-state index is 12.3. The van der Waals surface area contributed by atoms with Gasteiger partial charge in [0, 0.05) is 55.4 Å². The molecule has 0 saturated carbocycles. The summed E-state index contributed by atoms with van der Waals surface area (Å²) in [6, 6.07) is 0. The lowest BCUT2D eigenvalue weighted by Crippen LogP contribution is -2.67. The van der Waals surface area contributed by atoms with Gasteiger partial charge in [0.25, 0.3) is 0 Å². The van der Waals surface area contributed by atoms with Crippen LogP contribution >= 0.6 is 0 Å². The molecule has 0 aliphatic carbocycles. The van der Waals surface area contributed by atoms with E-state index >= 15 is 0 Å². The smallest absolute Gasteiger partial charge is 0.305 e. The highest BCUT2D eigenvalue weighted by atomic mass is 16.8. The van der Waals surface area contributed by atoms with Crippen molar-refractivity contribution >= 4 is 47.8 Å². The highest BCUT2D eigenvalue weighted by Gasteiger charge is 2.58. The van der Waals surface area contributed by atoms with E-state index in [1.54, 1.807) is 0 Å². The number of carbonyl (C=O) groups is 8. The van der Waals surface area contributed by atoms with Gasteiger partial charge in [-0.1, -0.05) is 0 Å². The van der Waals surface area contributed by atoms with Crippen LogP contribution in [0.3, 0.4) is 0 Å². The molecule has 2 saturated heterocycles. The van der Waals surface area contributed by atoms with Crippen LogP contribution in [0.15, 0.2) is 0 Å². The van der Waals surface area contributed by atoms with Gasteiger partial charge >= 0.3 is 47.8 Å². The topological polar surface area (TPSA) is 238 Å². The molecule has 2 heterocycles. The lowest BCUT2D eigenvalue weighted by atomic mass is 9.96. The lowest BCUT2D eigenvalue weighted by molar-refractivity contribution is -0.358. The van der Waals surface area contributed by atoms with Crippen LogP contribution in [-0.4, -0.2) is 122 Å². The van der Waals surface area contributed by atoms with Crippen LogP contribution in [0, 0.1) is 0 Å². The summed E-state index contributed by atoms with van der Waals surface area (Å²) in [7, 11) is 0. The first kappa shape index (κ1) is 38.8. The van der Waals surface area contributed by atoms with Gasteiger partial charge in [0.15, 0.2) is 36.8 Å². The Labute approximate surface area is 268 Å². The maximum atomic E-state index is 12.3. The molecule has 2 aliphatic heterocycles. The fourth-order valence-electron chi connectivity index (χ4n) is 4.73. The minimum absolute atomic E-state index is 0.587. The molecule has 0 amide bonds. The second-order valence-electron chi connectivity index (χ2n) is 10.3. The molecule has 0 aromatic heterocycles. The van der Waals surface area contributed by atoms with Gasteiger partial charge in [-0.3, -0.25) is 38.4 Å². The monoisotopic (exact) mass is 678 g/mol. The predicted octanol–water partition coefficient (Wildman–Crippen LogP) is -0.831. The summed E-state index contributed by atoms with van der Waals surface area (Å²) in [6.07, 6.45) is -16.4. The van der Waals surface area contributed by atoms with Crippen LogP contribution in [-0.2, 0) is 90.5 Å². The van der Waals surface area contributed by atoms with Crippen molar-refractivity contribution in [1.29, 1.82) is 0 Å². The zero-order valence-corrected chi connectivity index (χ0v) is 26.9. The third kappa shape index (κ3) is 12.1. The van der Waals surface area contributed by atoms with Crippen LogP contribution in [0.25, 0.3) is 0 Å². The van der Waals surface area contributed by atoms with Gasteiger partial charge in [-0.05, 0) is 0 Å². The van der Waals surface area contributed by atoms with E-state index < -0.39 is 122 Å². The molecule has 2 fully saturated rings. The summed E-state index contributed by atoms with van der Waals surface area (Å²) in [4.78, 5) is 96.4. The zero-order chi connectivity index (χ0) is 35.6. The number of ether oxygens (including phenoxy) is 11. The van der Waals surface area contributed by atoms with Crippen molar-refractivity contribution < 1.29 is 90.5 Å². The molecule has 264 valence electrons. The first-order valence-electron chi connectivity index (χ1n) is 14.2. The molecule has 2 rings (SSSR count). The quantitative estimate of drug-likeness (QED) is 0.181. The van der Waals surface area contributed by atoms with E-state index in [2.05, 4.69) is 0 Å². The third-order valence-electron chi connectivity index (χ3n) is 6.17. The molecule has 0 aromatic rings. The van der Waals surface area contributed by atoms with E-state index in [4.69, 9.17) is 52.1 Å². The molecule has 1 unspecified atom stereocenters. The van der Waals surface area contributed by atoms with Gasteiger partial charge in [0.2, 0.25) is 6.29 Å². The van der Waals surface area contributed by atoms with E-state index in [1.807, 2.05) is 0 Å². The zero-order valence-electron chi connectivity index (χ0n) is 26.9. The minimum atomic E-state index is -1.86. The molecule has 0 radical (unpaired) electrons. The second kappa shape index (κ2) is 17.5. The van der Waals surface area contributed by atoms with Gasteiger partial charge in [-0.2, -0.15) is 0 Å². The van der Waals surface area contributed by atoms with E-state index in [9.17, 15) is 38.4 Å². The SMILES string of the molecule is CC(=O)OC[C@H]1O[C@@H](O[C@H]2[C@H](OC(C)=O)[C@@H](COC(C)=O)OC(OC(C)=O)[C@@H]2OC(C)=O)[C@H](OC(C)=O)[C@@H](OC(C)=O)[C@@H]1OC(C)=O. The molecule has 0 spiro atoms. The van der Waals surface area contributed by atoms with Crippen molar-refractivity contribution in [3.63, 3.8) is 0 Å². The molecule has 10 atom stereocenters. The van der Waals surface area contributed by atoms with Gasteiger partial charge in [-0.25, -0.2) is 0 Å². The van der Waals surface area contributed by atoms with Gasteiger partial charge in [0.1, 0.15) is 31.5 Å². The van der Waals surface area contributed by atoms with Crippen LogP contribution in [0.1, 0.15) is 55.4 Å². The highest BCUT2D eigenvalue weighted by Crippen LogP contribution is 2.35. The molecule has 0 N–H and O–H groups in total. The number of esters is 8. The molecular formula is C28H38O19. The first-order valence-corrected chi connectivity index (χ1v) is 14.2. The number of hydrogen-bond acceptors (Lipinski definition) is 19. The lowest BCUT2D eigenvalue weighted by Gasteiger charge is -2.48. The Morgan fingerprint density at radius 2 is 0.702 bits per heavy atom. The van der Waals surface area contributed by atoms with Crippen LogP contribution in [0.4, 0.5) is 0 Å². The number of rotatable bonds is 12. The Bertz CT molecular complexity index is 1200. The average Bonchev–Trinajstić information content (AvgIpc) is 2.91. The summed E-state index contributed by atoms with van der Waals surface area (Å²) in [5.41, 5.74) is 0. The van der Waals surface area contributed by atoms with Crippen molar-refractivity contribution in [3.05, 3.63) is 0 Å². The second-order valence-corrected chi connectivity index (χ2v) is 10.3. The van der Waals surface area contributed by atoms with Crippen LogP contribution in [0.5, 0.6) is 0 Å². The molecular weight excluding hydrogens is 640 g/mol. The third-order valence-corrected chi connectivity index (χ3v) is 6.17. The average molecular weight is 679 g/mol. The van der Waals surface area contributed by atoms with Gasteiger partial charge in [-0.15, -0.1) is 0 Å². The van der Waals surface area contributed by atoms with Crippen LogP contribution in [0.2, 0.25) is 0 Å². The fraction of sp³-hybridized carbons (Fsp3) is 0.714. The maximum Gasteiger partial charge on any atom is 0.305 e.